The van der Waals surface area contributed by atoms with Gasteiger partial charge in [0.2, 0.25) is 0 Å². The molecule has 5 unspecified atom stereocenters. The van der Waals surface area contributed by atoms with E-state index >= 15 is 0 Å². The first-order valence-corrected chi connectivity index (χ1v) is 11.5. The van der Waals surface area contributed by atoms with Gasteiger partial charge in [0, 0.05) is 12.5 Å². The van der Waals surface area contributed by atoms with Gasteiger partial charge in [0.15, 0.2) is 5.60 Å². The Labute approximate surface area is 167 Å². The minimum atomic E-state index is -1.31. The predicted octanol–water partition coefficient (Wildman–Crippen LogP) is 4.50. The zero-order valence-electron chi connectivity index (χ0n) is 18.4. The Morgan fingerprint density at radius 2 is 1.63 bits per heavy atom. The van der Waals surface area contributed by atoms with E-state index in [9.17, 15) is 9.90 Å². The van der Waals surface area contributed by atoms with Gasteiger partial charge >= 0.3 is 5.97 Å². The molecule has 2 rings (SSSR count). The van der Waals surface area contributed by atoms with Gasteiger partial charge in [0.1, 0.15) is 6.61 Å². The van der Waals surface area contributed by atoms with Gasteiger partial charge in [-0.25, -0.2) is 4.79 Å². The fourth-order valence-electron chi connectivity index (χ4n) is 5.56. The maximum absolute atomic E-state index is 13.3. The summed E-state index contributed by atoms with van der Waals surface area (Å²) >= 11 is 0. The highest BCUT2D eigenvalue weighted by Gasteiger charge is 2.54. The van der Waals surface area contributed by atoms with Crippen LogP contribution in [0.1, 0.15) is 79.6 Å². The molecule has 1 N–H and O–H groups in total. The molecular formula is C23H43NO3. The van der Waals surface area contributed by atoms with Crippen molar-refractivity contribution in [3.63, 3.8) is 0 Å². The Kier molecular flexibility index (Phi) is 8.61. The number of rotatable bonds is 8. The Morgan fingerprint density at radius 3 is 2.22 bits per heavy atom. The molecule has 0 radical (unpaired) electrons. The summed E-state index contributed by atoms with van der Waals surface area (Å²) in [5.74, 6) is 1.26. The number of hydrogen-bond donors (Lipinski definition) is 1. The van der Waals surface area contributed by atoms with E-state index in [4.69, 9.17) is 4.74 Å². The maximum atomic E-state index is 13.3. The molecule has 0 aromatic heterocycles. The largest absolute Gasteiger partial charge is 0.462 e. The van der Waals surface area contributed by atoms with Crippen molar-refractivity contribution in [2.75, 3.05) is 26.2 Å². The van der Waals surface area contributed by atoms with E-state index in [0.29, 0.717) is 24.4 Å². The highest BCUT2D eigenvalue weighted by molar-refractivity contribution is 5.80. The normalized spacial score (nSPS) is 32.3. The highest BCUT2D eigenvalue weighted by atomic mass is 16.5. The third-order valence-corrected chi connectivity index (χ3v) is 7.95. The molecule has 0 spiro atoms. The van der Waals surface area contributed by atoms with Crippen molar-refractivity contribution >= 4 is 5.97 Å². The average molecular weight is 382 g/mol. The SMILES string of the molecule is CCN(CC)CCOC(=O)C(O)(C1CCCCC1)C1CCC(C)C(C)C1C. The van der Waals surface area contributed by atoms with E-state index in [2.05, 4.69) is 39.5 Å². The lowest BCUT2D eigenvalue weighted by Gasteiger charge is -2.49. The van der Waals surface area contributed by atoms with Crippen molar-refractivity contribution in [1.82, 2.24) is 4.90 Å². The Bertz CT molecular complexity index is 459. The molecule has 27 heavy (non-hydrogen) atoms. The molecule has 2 fully saturated rings. The van der Waals surface area contributed by atoms with Crippen LogP contribution in [0.2, 0.25) is 0 Å². The number of nitrogens with zero attached hydrogens (tertiary/aromatic N) is 1. The molecule has 0 bridgehead atoms. The Hall–Kier alpha value is -0.610. The predicted molar refractivity (Wildman–Crippen MR) is 110 cm³/mol. The first-order valence-electron chi connectivity index (χ1n) is 11.5. The summed E-state index contributed by atoms with van der Waals surface area (Å²) < 4.78 is 5.73. The van der Waals surface area contributed by atoms with Crippen molar-refractivity contribution in [1.29, 1.82) is 0 Å². The number of aliphatic hydroxyl groups is 1. The number of carbonyl (C=O) groups is 1. The van der Waals surface area contributed by atoms with Crippen LogP contribution in [-0.2, 0) is 9.53 Å². The van der Waals surface area contributed by atoms with Gasteiger partial charge in [0.25, 0.3) is 0 Å². The molecule has 0 amide bonds. The second kappa shape index (κ2) is 10.2. The summed E-state index contributed by atoms with van der Waals surface area (Å²) in [7, 11) is 0. The molecule has 0 aromatic rings. The average Bonchev–Trinajstić information content (AvgIpc) is 2.69. The Morgan fingerprint density at radius 1 is 1.00 bits per heavy atom. The molecule has 2 aliphatic rings. The van der Waals surface area contributed by atoms with Crippen LogP contribution in [0.15, 0.2) is 0 Å². The van der Waals surface area contributed by atoms with Gasteiger partial charge in [-0.15, -0.1) is 0 Å². The van der Waals surface area contributed by atoms with Gasteiger partial charge in [-0.3, -0.25) is 0 Å². The van der Waals surface area contributed by atoms with Crippen LogP contribution in [-0.4, -0.2) is 47.8 Å². The second-order valence-electron chi connectivity index (χ2n) is 9.20. The Balaban J connectivity index is 2.15. The van der Waals surface area contributed by atoms with Crippen LogP contribution < -0.4 is 0 Å². The summed E-state index contributed by atoms with van der Waals surface area (Å²) in [5.41, 5.74) is -1.31. The summed E-state index contributed by atoms with van der Waals surface area (Å²) in [4.78, 5) is 15.5. The molecule has 4 nitrogen and oxygen atoms in total. The van der Waals surface area contributed by atoms with Crippen LogP contribution in [0.5, 0.6) is 0 Å². The molecule has 0 heterocycles. The summed E-state index contributed by atoms with van der Waals surface area (Å²) in [6, 6.07) is 0. The van der Waals surface area contributed by atoms with Gasteiger partial charge in [0.05, 0.1) is 0 Å². The van der Waals surface area contributed by atoms with Crippen molar-refractivity contribution in [3.8, 4) is 0 Å². The van der Waals surface area contributed by atoms with Crippen LogP contribution in [0.4, 0.5) is 0 Å². The zero-order valence-corrected chi connectivity index (χ0v) is 18.4. The minimum absolute atomic E-state index is 0.0211. The van der Waals surface area contributed by atoms with Crippen molar-refractivity contribution in [2.24, 2.45) is 29.6 Å². The molecule has 2 saturated carbocycles. The number of hydrogen-bond acceptors (Lipinski definition) is 4. The first kappa shape index (κ1) is 22.7. The van der Waals surface area contributed by atoms with Gasteiger partial charge < -0.3 is 14.7 Å². The van der Waals surface area contributed by atoms with Gasteiger partial charge in [-0.2, -0.15) is 0 Å². The zero-order chi connectivity index (χ0) is 20.0. The quantitative estimate of drug-likeness (QED) is 0.629. The number of esters is 1. The molecular weight excluding hydrogens is 338 g/mol. The van der Waals surface area contributed by atoms with E-state index in [-0.39, 0.29) is 17.8 Å². The van der Waals surface area contributed by atoms with Gasteiger partial charge in [-0.05, 0) is 56.0 Å². The van der Waals surface area contributed by atoms with Crippen LogP contribution >= 0.6 is 0 Å². The van der Waals surface area contributed by atoms with Crippen LogP contribution in [0.3, 0.4) is 0 Å². The molecule has 158 valence electrons. The third kappa shape index (κ3) is 5.06. The van der Waals surface area contributed by atoms with E-state index < -0.39 is 5.60 Å². The minimum Gasteiger partial charge on any atom is -0.462 e. The standard InChI is InChI=1S/C23H43NO3/c1-6-24(7-2)15-16-27-22(25)23(26,20-11-9-8-10-12-20)21-14-13-17(3)18(4)19(21)5/h17-21,26H,6-16H2,1-5H3. The highest BCUT2D eigenvalue weighted by Crippen LogP contribution is 2.49. The molecule has 4 heteroatoms. The first-order chi connectivity index (χ1) is 12.9. The lowest BCUT2D eigenvalue weighted by Crippen LogP contribution is -2.57. The van der Waals surface area contributed by atoms with Crippen molar-refractivity contribution in [2.45, 2.75) is 85.2 Å². The third-order valence-electron chi connectivity index (χ3n) is 7.95. The lowest BCUT2D eigenvalue weighted by molar-refractivity contribution is -0.191. The summed E-state index contributed by atoms with van der Waals surface area (Å²) in [6.07, 6.45) is 7.39. The fourth-order valence-corrected chi connectivity index (χ4v) is 5.56. The van der Waals surface area contributed by atoms with Crippen LogP contribution in [0, 0.1) is 29.6 Å². The number of ether oxygens (including phenoxy) is 1. The molecule has 0 saturated heterocycles. The van der Waals surface area contributed by atoms with E-state index in [0.717, 1.165) is 58.2 Å². The number of likely N-dealkylation sites (N-methyl/N-ethyl adjacent to an activating group) is 1. The second-order valence-corrected chi connectivity index (χ2v) is 9.20. The molecule has 0 aliphatic heterocycles. The van der Waals surface area contributed by atoms with Crippen molar-refractivity contribution < 1.29 is 14.6 Å². The molecule has 5 atom stereocenters. The summed E-state index contributed by atoms with van der Waals surface area (Å²) in [5, 5.41) is 11.9. The smallest absolute Gasteiger partial charge is 0.338 e. The molecule has 0 aromatic carbocycles. The van der Waals surface area contributed by atoms with E-state index in [1.165, 1.54) is 6.42 Å². The van der Waals surface area contributed by atoms with E-state index in [1.54, 1.807) is 0 Å². The fraction of sp³-hybridized carbons (Fsp3) is 0.957. The topological polar surface area (TPSA) is 49.8 Å². The van der Waals surface area contributed by atoms with Crippen LogP contribution in [0.25, 0.3) is 0 Å². The van der Waals surface area contributed by atoms with E-state index in [1.807, 2.05) is 0 Å². The number of carbonyl (C=O) groups excluding carboxylic acids is 1. The van der Waals surface area contributed by atoms with Gasteiger partial charge in [-0.1, -0.05) is 60.3 Å². The monoisotopic (exact) mass is 381 g/mol. The summed E-state index contributed by atoms with van der Waals surface area (Å²) in [6.45, 7) is 14.1. The molecule has 2 aliphatic carbocycles. The van der Waals surface area contributed by atoms with Crippen molar-refractivity contribution in [3.05, 3.63) is 0 Å². The maximum Gasteiger partial charge on any atom is 0.338 e. The lowest BCUT2D eigenvalue weighted by atomic mass is 9.58.